The Labute approximate surface area is 136 Å². The lowest BCUT2D eigenvalue weighted by Gasteiger charge is -2.25. The second-order valence-corrected chi connectivity index (χ2v) is 5.84. The molecular weight excluding hydrogens is 296 g/mol. The number of pyridine rings is 1. The van der Waals surface area contributed by atoms with Crippen LogP contribution in [0.5, 0.6) is 0 Å². The van der Waals surface area contributed by atoms with Crippen LogP contribution in [-0.4, -0.2) is 29.1 Å². The van der Waals surface area contributed by atoms with Gasteiger partial charge >= 0.3 is 11.9 Å². The van der Waals surface area contributed by atoms with E-state index in [0.29, 0.717) is 5.69 Å². The summed E-state index contributed by atoms with van der Waals surface area (Å²) in [4.78, 5) is 28.3. The molecule has 0 radical (unpaired) electrons. The van der Waals surface area contributed by atoms with E-state index >= 15 is 0 Å². The fourth-order valence-electron chi connectivity index (χ4n) is 2.13. The summed E-state index contributed by atoms with van der Waals surface area (Å²) < 4.78 is 10.2. The van der Waals surface area contributed by atoms with Gasteiger partial charge in [0.2, 0.25) is 0 Å². The van der Waals surface area contributed by atoms with Crippen molar-refractivity contribution in [2.24, 2.45) is 0 Å². The summed E-state index contributed by atoms with van der Waals surface area (Å²) in [6.07, 6.45) is 0.399. The van der Waals surface area contributed by atoms with Gasteiger partial charge < -0.3 is 9.47 Å². The Morgan fingerprint density at radius 3 is 2.00 bits per heavy atom. The van der Waals surface area contributed by atoms with E-state index in [1.54, 1.807) is 45.9 Å². The molecule has 0 saturated carbocycles. The molecule has 0 aliphatic rings. The van der Waals surface area contributed by atoms with Crippen molar-refractivity contribution in [2.45, 2.75) is 58.2 Å². The van der Waals surface area contributed by atoms with Gasteiger partial charge in [0.05, 0.1) is 36.8 Å². The van der Waals surface area contributed by atoms with E-state index in [9.17, 15) is 14.9 Å². The van der Waals surface area contributed by atoms with Crippen LogP contribution in [0.25, 0.3) is 0 Å². The number of hydrogen-bond acceptors (Lipinski definition) is 6. The van der Waals surface area contributed by atoms with Crippen molar-refractivity contribution in [1.82, 2.24) is 4.98 Å². The van der Waals surface area contributed by atoms with Gasteiger partial charge in [-0.2, -0.15) is 5.26 Å². The molecule has 1 aromatic heterocycles. The first-order valence-electron chi connectivity index (χ1n) is 7.51. The van der Waals surface area contributed by atoms with Crippen molar-refractivity contribution in [1.29, 1.82) is 5.26 Å². The van der Waals surface area contributed by atoms with Crippen LogP contribution in [-0.2, 0) is 24.5 Å². The summed E-state index contributed by atoms with van der Waals surface area (Å²) in [5.74, 6) is -1.10. The topological polar surface area (TPSA) is 89.3 Å². The van der Waals surface area contributed by atoms with Gasteiger partial charge in [0.15, 0.2) is 0 Å². The molecular formula is C17H22N2O4. The van der Waals surface area contributed by atoms with Crippen molar-refractivity contribution in [3.8, 4) is 6.07 Å². The van der Waals surface area contributed by atoms with Gasteiger partial charge in [0.25, 0.3) is 0 Å². The first-order valence-corrected chi connectivity index (χ1v) is 7.51. The highest BCUT2D eigenvalue weighted by Crippen LogP contribution is 2.31. The second kappa shape index (κ2) is 8.28. The number of rotatable bonds is 7. The molecule has 0 saturated heterocycles. The molecule has 0 aliphatic carbocycles. The van der Waals surface area contributed by atoms with Crippen molar-refractivity contribution < 1.29 is 19.1 Å². The normalized spacial score (nSPS) is 11.2. The summed E-state index contributed by atoms with van der Waals surface area (Å²) in [6, 6.07) is 7.10. The number of carbonyl (C=O) groups is 2. The summed E-state index contributed by atoms with van der Waals surface area (Å²) >= 11 is 0. The van der Waals surface area contributed by atoms with Gasteiger partial charge in [0.1, 0.15) is 5.41 Å². The van der Waals surface area contributed by atoms with Crippen LogP contribution >= 0.6 is 0 Å². The van der Waals surface area contributed by atoms with Crippen molar-refractivity contribution >= 4 is 11.9 Å². The zero-order chi connectivity index (χ0) is 17.5. The number of aromatic nitrogens is 1. The first-order chi connectivity index (χ1) is 10.8. The molecule has 0 aliphatic heterocycles. The number of nitrogens with zero attached hydrogens (tertiary/aromatic N) is 2. The van der Waals surface area contributed by atoms with Gasteiger partial charge in [0, 0.05) is 6.20 Å². The van der Waals surface area contributed by atoms with E-state index in [4.69, 9.17) is 9.47 Å². The minimum absolute atomic E-state index is 0.258. The standard InChI is InChI=1S/C17H22N2O4/c1-12(2)22-15(20)9-17(11-18,10-16(21)23-13(3)4)14-7-5-6-8-19-14/h5-8,12-13H,9-10H2,1-4H3. The highest BCUT2D eigenvalue weighted by atomic mass is 16.5. The average Bonchev–Trinajstić information content (AvgIpc) is 2.45. The zero-order valence-electron chi connectivity index (χ0n) is 13.9. The van der Waals surface area contributed by atoms with Gasteiger partial charge in [-0.1, -0.05) is 6.07 Å². The Kier molecular flexibility index (Phi) is 6.70. The van der Waals surface area contributed by atoms with E-state index in [1.165, 1.54) is 6.20 Å². The predicted octanol–water partition coefficient (Wildman–Crippen LogP) is 2.53. The molecule has 124 valence electrons. The van der Waals surface area contributed by atoms with Crippen LogP contribution in [0, 0.1) is 11.3 Å². The second-order valence-electron chi connectivity index (χ2n) is 5.84. The summed E-state index contributed by atoms with van der Waals surface area (Å²) in [5.41, 5.74) is -1.05. The average molecular weight is 318 g/mol. The maximum atomic E-state index is 12.1. The van der Waals surface area contributed by atoms with Crippen LogP contribution in [0.1, 0.15) is 46.2 Å². The number of nitriles is 1. The lowest BCUT2D eigenvalue weighted by molar-refractivity contribution is -0.151. The molecule has 6 heteroatoms. The van der Waals surface area contributed by atoms with E-state index < -0.39 is 17.4 Å². The SMILES string of the molecule is CC(C)OC(=O)CC(C#N)(CC(=O)OC(C)C)c1ccccn1. The molecule has 23 heavy (non-hydrogen) atoms. The number of esters is 2. The monoisotopic (exact) mass is 318 g/mol. The minimum atomic E-state index is -1.40. The molecule has 0 unspecified atom stereocenters. The highest BCUT2D eigenvalue weighted by Gasteiger charge is 2.40. The van der Waals surface area contributed by atoms with E-state index in [1.807, 2.05) is 0 Å². The lowest BCUT2D eigenvalue weighted by atomic mass is 9.79. The van der Waals surface area contributed by atoms with Crippen LogP contribution in [0.2, 0.25) is 0 Å². The molecule has 0 N–H and O–H groups in total. The summed E-state index contributed by atoms with van der Waals surface area (Å²) in [7, 11) is 0. The predicted molar refractivity (Wildman–Crippen MR) is 83.2 cm³/mol. The molecule has 0 atom stereocenters. The summed E-state index contributed by atoms with van der Waals surface area (Å²) in [5, 5.41) is 9.69. The molecule has 1 aromatic rings. The van der Waals surface area contributed by atoms with Crippen LogP contribution in [0.4, 0.5) is 0 Å². The van der Waals surface area contributed by atoms with Gasteiger partial charge in [-0.3, -0.25) is 14.6 Å². The third-order valence-corrected chi connectivity index (χ3v) is 3.00. The van der Waals surface area contributed by atoms with E-state index in [2.05, 4.69) is 11.1 Å². The Morgan fingerprint density at radius 1 is 1.13 bits per heavy atom. The maximum Gasteiger partial charge on any atom is 0.308 e. The van der Waals surface area contributed by atoms with Crippen LogP contribution in [0.15, 0.2) is 24.4 Å². The quantitative estimate of drug-likeness (QED) is 0.718. The van der Waals surface area contributed by atoms with Crippen molar-refractivity contribution in [3.05, 3.63) is 30.1 Å². The largest absolute Gasteiger partial charge is 0.463 e. The number of carbonyl (C=O) groups excluding carboxylic acids is 2. The van der Waals surface area contributed by atoms with Gasteiger partial charge in [-0.25, -0.2) is 0 Å². The number of ether oxygens (including phenoxy) is 2. The van der Waals surface area contributed by atoms with Gasteiger partial charge in [-0.05, 0) is 39.8 Å². The molecule has 0 aromatic carbocycles. The third kappa shape index (κ3) is 5.70. The van der Waals surface area contributed by atoms with E-state index in [0.717, 1.165) is 0 Å². The Morgan fingerprint density at radius 2 is 1.65 bits per heavy atom. The molecule has 0 fully saturated rings. The minimum Gasteiger partial charge on any atom is -0.463 e. The van der Waals surface area contributed by atoms with Crippen molar-refractivity contribution in [2.75, 3.05) is 0 Å². The first kappa shape index (κ1) is 18.6. The fourth-order valence-corrected chi connectivity index (χ4v) is 2.13. The molecule has 0 spiro atoms. The lowest BCUT2D eigenvalue weighted by Crippen LogP contribution is -2.34. The maximum absolute atomic E-state index is 12.1. The fraction of sp³-hybridized carbons (Fsp3) is 0.529. The van der Waals surface area contributed by atoms with Crippen LogP contribution in [0.3, 0.4) is 0 Å². The molecule has 6 nitrogen and oxygen atoms in total. The number of hydrogen-bond donors (Lipinski definition) is 0. The molecule has 0 bridgehead atoms. The molecule has 1 rings (SSSR count). The highest BCUT2D eigenvalue weighted by molar-refractivity contribution is 5.77. The molecule has 1 heterocycles. The Bertz CT molecular complexity index is 552. The zero-order valence-corrected chi connectivity index (χ0v) is 13.9. The van der Waals surface area contributed by atoms with Crippen molar-refractivity contribution in [3.63, 3.8) is 0 Å². The Hall–Kier alpha value is -2.42. The smallest absolute Gasteiger partial charge is 0.308 e. The van der Waals surface area contributed by atoms with Crippen LogP contribution < -0.4 is 0 Å². The summed E-state index contributed by atoms with van der Waals surface area (Å²) in [6.45, 7) is 6.89. The molecule has 0 amide bonds. The van der Waals surface area contributed by atoms with E-state index in [-0.39, 0.29) is 25.0 Å². The third-order valence-electron chi connectivity index (χ3n) is 3.00. The van der Waals surface area contributed by atoms with Gasteiger partial charge in [-0.15, -0.1) is 0 Å². The Balaban J connectivity index is 3.10.